The molecule has 3 nitrogen and oxygen atoms in total. The lowest BCUT2D eigenvalue weighted by atomic mass is 9.97. The van der Waals surface area contributed by atoms with Crippen LogP contribution in [-0.4, -0.2) is 37.2 Å². The van der Waals surface area contributed by atoms with Crippen molar-refractivity contribution in [2.24, 2.45) is 5.73 Å². The van der Waals surface area contributed by atoms with Crippen LogP contribution in [0.2, 0.25) is 0 Å². The summed E-state index contributed by atoms with van der Waals surface area (Å²) in [7, 11) is 3.87. The second-order valence-corrected chi connectivity index (χ2v) is 6.51. The zero-order valence-corrected chi connectivity index (χ0v) is 13.9. The topological polar surface area (TPSA) is 38.5 Å². The molecule has 0 aromatic heterocycles. The molecule has 0 fully saturated rings. The molecule has 19 heavy (non-hydrogen) atoms. The van der Waals surface area contributed by atoms with Gasteiger partial charge in [-0.05, 0) is 45.0 Å². The maximum Gasteiger partial charge on any atom is 0.0638 e. The normalized spacial score (nSPS) is 13.8. The van der Waals surface area contributed by atoms with E-state index in [1.54, 1.807) is 7.11 Å². The molecule has 0 aliphatic heterocycles. The second kappa shape index (κ2) is 7.39. The van der Waals surface area contributed by atoms with Crippen molar-refractivity contribution in [1.29, 1.82) is 0 Å². The fraction of sp³-hybridized carbons (Fsp3) is 0.600. The van der Waals surface area contributed by atoms with Gasteiger partial charge in [-0.2, -0.15) is 0 Å². The Morgan fingerprint density at radius 3 is 2.37 bits per heavy atom. The average Bonchev–Trinajstić information content (AvgIpc) is 2.38. The fourth-order valence-corrected chi connectivity index (χ4v) is 2.34. The summed E-state index contributed by atoms with van der Waals surface area (Å²) in [5.41, 5.74) is 7.06. The van der Waals surface area contributed by atoms with Crippen molar-refractivity contribution in [2.45, 2.75) is 38.5 Å². The standard InChI is InChI=1S/C15H25BrN2O/c1-15(2,19-4)9-14(10-17)18(3)11-12-5-7-13(16)8-6-12/h5-8,14H,9-11,17H2,1-4H3. The molecule has 1 atom stereocenters. The minimum atomic E-state index is -0.141. The van der Waals surface area contributed by atoms with Crippen LogP contribution >= 0.6 is 15.9 Å². The molecule has 1 unspecified atom stereocenters. The van der Waals surface area contributed by atoms with Crippen molar-refractivity contribution < 1.29 is 4.74 Å². The van der Waals surface area contributed by atoms with E-state index in [4.69, 9.17) is 10.5 Å². The van der Waals surface area contributed by atoms with Crippen molar-refractivity contribution in [3.05, 3.63) is 34.3 Å². The van der Waals surface area contributed by atoms with Gasteiger partial charge in [-0.15, -0.1) is 0 Å². The Morgan fingerprint density at radius 1 is 1.32 bits per heavy atom. The Hall–Kier alpha value is -0.420. The van der Waals surface area contributed by atoms with Crippen LogP contribution in [0, 0.1) is 0 Å². The second-order valence-electron chi connectivity index (χ2n) is 5.60. The minimum Gasteiger partial charge on any atom is -0.379 e. The quantitative estimate of drug-likeness (QED) is 0.836. The first kappa shape index (κ1) is 16.6. The number of ether oxygens (including phenoxy) is 1. The molecule has 0 aliphatic carbocycles. The van der Waals surface area contributed by atoms with E-state index in [9.17, 15) is 0 Å². The smallest absolute Gasteiger partial charge is 0.0638 e. The van der Waals surface area contributed by atoms with Crippen LogP contribution < -0.4 is 5.73 Å². The zero-order valence-electron chi connectivity index (χ0n) is 12.3. The molecule has 2 N–H and O–H groups in total. The third-order valence-electron chi connectivity index (χ3n) is 3.52. The summed E-state index contributed by atoms with van der Waals surface area (Å²) in [4.78, 5) is 2.30. The molecule has 0 radical (unpaired) electrons. The van der Waals surface area contributed by atoms with E-state index in [0.29, 0.717) is 12.6 Å². The maximum atomic E-state index is 5.91. The predicted octanol–water partition coefficient (Wildman–Crippen LogP) is 3.02. The van der Waals surface area contributed by atoms with Gasteiger partial charge in [0.25, 0.3) is 0 Å². The number of rotatable bonds is 7. The Bertz CT molecular complexity index is 378. The van der Waals surface area contributed by atoms with Crippen LogP contribution in [0.15, 0.2) is 28.7 Å². The van der Waals surface area contributed by atoms with Crippen molar-refractivity contribution in [3.8, 4) is 0 Å². The number of halogens is 1. The summed E-state index contributed by atoms with van der Waals surface area (Å²) >= 11 is 3.45. The molecule has 0 heterocycles. The molecule has 0 spiro atoms. The molecule has 108 valence electrons. The predicted molar refractivity (Wildman–Crippen MR) is 84.2 cm³/mol. The van der Waals surface area contributed by atoms with Crippen LogP contribution in [0.25, 0.3) is 0 Å². The molecule has 1 rings (SSSR count). The summed E-state index contributed by atoms with van der Waals surface area (Å²) < 4.78 is 6.60. The van der Waals surface area contributed by atoms with Gasteiger partial charge in [0.1, 0.15) is 0 Å². The van der Waals surface area contributed by atoms with Gasteiger partial charge in [0.15, 0.2) is 0 Å². The molecule has 0 saturated carbocycles. The van der Waals surface area contributed by atoms with E-state index < -0.39 is 0 Å². The lowest BCUT2D eigenvalue weighted by Crippen LogP contribution is -2.43. The highest BCUT2D eigenvalue weighted by atomic mass is 79.9. The molecule has 1 aromatic carbocycles. The highest BCUT2D eigenvalue weighted by Gasteiger charge is 2.24. The number of nitrogens with two attached hydrogens (primary N) is 1. The molecular formula is C15H25BrN2O. The Kier molecular flexibility index (Phi) is 6.47. The number of benzene rings is 1. The molecule has 0 aliphatic rings. The van der Waals surface area contributed by atoms with Crippen molar-refractivity contribution in [2.75, 3.05) is 20.7 Å². The third kappa shape index (κ3) is 5.61. The summed E-state index contributed by atoms with van der Waals surface area (Å²) in [6, 6.07) is 8.73. The average molecular weight is 329 g/mol. The lowest BCUT2D eigenvalue weighted by molar-refractivity contribution is -0.00538. The van der Waals surface area contributed by atoms with Gasteiger partial charge < -0.3 is 10.5 Å². The molecule has 0 bridgehead atoms. The van der Waals surface area contributed by atoms with Gasteiger partial charge in [-0.1, -0.05) is 28.1 Å². The van der Waals surface area contributed by atoms with Crippen molar-refractivity contribution in [3.63, 3.8) is 0 Å². The maximum absolute atomic E-state index is 5.91. The van der Waals surface area contributed by atoms with Gasteiger partial charge in [-0.3, -0.25) is 4.90 Å². The number of hydrogen-bond acceptors (Lipinski definition) is 3. The lowest BCUT2D eigenvalue weighted by Gasteiger charge is -2.33. The molecular weight excluding hydrogens is 304 g/mol. The molecule has 1 aromatic rings. The Morgan fingerprint density at radius 2 is 1.89 bits per heavy atom. The Balaban J connectivity index is 2.63. The van der Waals surface area contributed by atoms with Crippen LogP contribution in [-0.2, 0) is 11.3 Å². The first-order valence-electron chi connectivity index (χ1n) is 6.58. The first-order valence-corrected chi connectivity index (χ1v) is 7.37. The third-order valence-corrected chi connectivity index (χ3v) is 4.05. The summed E-state index contributed by atoms with van der Waals surface area (Å²) in [5, 5.41) is 0. The van der Waals surface area contributed by atoms with Crippen molar-refractivity contribution >= 4 is 15.9 Å². The van der Waals surface area contributed by atoms with E-state index in [2.05, 4.69) is 66.0 Å². The van der Waals surface area contributed by atoms with E-state index >= 15 is 0 Å². The summed E-state index contributed by atoms with van der Waals surface area (Å²) in [5.74, 6) is 0. The van der Waals surface area contributed by atoms with Gasteiger partial charge in [0, 0.05) is 30.7 Å². The van der Waals surface area contributed by atoms with Crippen LogP contribution in [0.4, 0.5) is 0 Å². The summed E-state index contributed by atoms with van der Waals surface area (Å²) in [6.07, 6.45) is 0.924. The monoisotopic (exact) mass is 328 g/mol. The van der Waals surface area contributed by atoms with E-state index in [-0.39, 0.29) is 5.60 Å². The first-order chi connectivity index (χ1) is 8.88. The highest BCUT2D eigenvalue weighted by Crippen LogP contribution is 2.20. The largest absolute Gasteiger partial charge is 0.379 e. The number of nitrogens with zero attached hydrogens (tertiary/aromatic N) is 1. The van der Waals surface area contributed by atoms with Crippen molar-refractivity contribution in [1.82, 2.24) is 4.90 Å². The van der Waals surface area contributed by atoms with E-state index in [1.807, 2.05) is 0 Å². The Labute approximate surface area is 125 Å². The van der Waals surface area contributed by atoms with Gasteiger partial charge in [0.2, 0.25) is 0 Å². The van der Waals surface area contributed by atoms with Gasteiger partial charge in [0.05, 0.1) is 5.60 Å². The molecule has 0 amide bonds. The van der Waals surface area contributed by atoms with E-state index in [0.717, 1.165) is 17.4 Å². The highest BCUT2D eigenvalue weighted by molar-refractivity contribution is 9.10. The van der Waals surface area contributed by atoms with Crippen LogP contribution in [0.3, 0.4) is 0 Å². The number of likely N-dealkylation sites (N-methyl/N-ethyl adjacent to an activating group) is 1. The van der Waals surface area contributed by atoms with Crippen LogP contribution in [0.5, 0.6) is 0 Å². The van der Waals surface area contributed by atoms with E-state index in [1.165, 1.54) is 5.56 Å². The zero-order chi connectivity index (χ0) is 14.5. The number of hydrogen-bond donors (Lipinski definition) is 1. The SMILES string of the molecule is COC(C)(C)CC(CN)N(C)Cc1ccc(Br)cc1. The van der Waals surface area contributed by atoms with Gasteiger partial charge in [-0.25, -0.2) is 0 Å². The minimum absolute atomic E-state index is 0.141. The van der Waals surface area contributed by atoms with Gasteiger partial charge >= 0.3 is 0 Å². The molecule has 4 heteroatoms. The number of methoxy groups -OCH3 is 1. The van der Waals surface area contributed by atoms with Crippen LogP contribution in [0.1, 0.15) is 25.8 Å². The summed E-state index contributed by atoms with van der Waals surface area (Å²) in [6.45, 7) is 5.74. The molecule has 0 saturated heterocycles. The fourth-order valence-electron chi connectivity index (χ4n) is 2.08.